The fourth-order valence-electron chi connectivity index (χ4n) is 3.35. The van der Waals surface area contributed by atoms with Crippen LogP contribution in [0.3, 0.4) is 0 Å². The number of hydrogen-bond donors (Lipinski definition) is 1. The van der Waals surface area contributed by atoms with Crippen molar-refractivity contribution in [2.24, 2.45) is 0 Å². The molecule has 1 fully saturated rings. The normalized spacial score (nSPS) is 20.1. The zero-order valence-electron chi connectivity index (χ0n) is 13.4. The lowest BCUT2D eigenvalue weighted by molar-refractivity contribution is -0.145. The van der Waals surface area contributed by atoms with Crippen LogP contribution in [0.4, 0.5) is 0 Å². The number of benzene rings is 1. The van der Waals surface area contributed by atoms with Crippen LogP contribution in [0.5, 0.6) is 0 Å². The Bertz CT molecular complexity index is 655. The van der Waals surface area contributed by atoms with Crippen LogP contribution in [0.1, 0.15) is 42.1 Å². The molecule has 0 amide bonds. The predicted molar refractivity (Wildman–Crippen MR) is 89.2 cm³/mol. The fraction of sp³-hybridized carbons (Fsp3) is 0.368. The van der Waals surface area contributed by atoms with Gasteiger partial charge in [0.05, 0.1) is 11.7 Å². The SMILES string of the molecule is Cc1ccc(C(c2ccccn2)N2CCCCC2C(=O)O)cc1. The summed E-state index contributed by atoms with van der Waals surface area (Å²) in [6.45, 7) is 2.84. The lowest BCUT2D eigenvalue weighted by Gasteiger charge is -2.39. The molecule has 1 N–H and O–H groups in total. The lowest BCUT2D eigenvalue weighted by atomic mass is 9.93. The number of carboxylic acids is 1. The molecule has 0 aliphatic carbocycles. The average Bonchev–Trinajstić information content (AvgIpc) is 2.58. The van der Waals surface area contributed by atoms with E-state index in [2.05, 4.69) is 41.1 Å². The van der Waals surface area contributed by atoms with Crippen LogP contribution in [0.15, 0.2) is 48.7 Å². The third kappa shape index (κ3) is 3.42. The molecule has 4 heteroatoms. The van der Waals surface area contributed by atoms with Gasteiger partial charge in [-0.15, -0.1) is 0 Å². The second kappa shape index (κ2) is 6.92. The molecule has 1 aromatic carbocycles. The minimum atomic E-state index is -0.738. The first kappa shape index (κ1) is 15.7. The van der Waals surface area contributed by atoms with E-state index in [0.717, 1.165) is 30.6 Å². The van der Waals surface area contributed by atoms with Gasteiger partial charge in [-0.05, 0) is 44.0 Å². The standard InChI is InChI=1S/C19H22N2O2/c1-14-8-10-15(11-9-14)18(16-6-2-4-12-20-16)21-13-5-3-7-17(21)19(22)23/h2,4,6,8-12,17-18H,3,5,7,13H2,1H3,(H,22,23). The van der Waals surface area contributed by atoms with Crippen molar-refractivity contribution >= 4 is 5.97 Å². The summed E-state index contributed by atoms with van der Waals surface area (Å²) in [5.41, 5.74) is 3.20. The lowest BCUT2D eigenvalue weighted by Crippen LogP contribution is -2.47. The van der Waals surface area contributed by atoms with Gasteiger partial charge in [-0.2, -0.15) is 0 Å². The second-order valence-corrected chi connectivity index (χ2v) is 6.16. The maximum Gasteiger partial charge on any atom is 0.320 e. The summed E-state index contributed by atoms with van der Waals surface area (Å²) in [6.07, 6.45) is 4.47. The van der Waals surface area contributed by atoms with Gasteiger partial charge in [-0.1, -0.05) is 42.3 Å². The highest BCUT2D eigenvalue weighted by Gasteiger charge is 2.35. The van der Waals surface area contributed by atoms with Crippen LogP contribution in [-0.4, -0.2) is 33.5 Å². The van der Waals surface area contributed by atoms with Crippen molar-refractivity contribution in [1.29, 1.82) is 0 Å². The molecule has 2 aromatic rings. The Labute approximate surface area is 136 Å². The number of rotatable bonds is 4. The van der Waals surface area contributed by atoms with Gasteiger partial charge in [0, 0.05) is 6.20 Å². The Morgan fingerprint density at radius 1 is 1.22 bits per heavy atom. The van der Waals surface area contributed by atoms with Crippen molar-refractivity contribution in [2.45, 2.75) is 38.3 Å². The van der Waals surface area contributed by atoms with Crippen LogP contribution in [0.25, 0.3) is 0 Å². The summed E-state index contributed by atoms with van der Waals surface area (Å²) in [4.78, 5) is 18.3. The van der Waals surface area contributed by atoms with Gasteiger partial charge in [0.1, 0.15) is 6.04 Å². The van der Waals surface area contributed by atoms with Crippen molar-refractivity contribution in [3.8, 4) is 0 Å². The van der Waals surface area contributed by atoms with Crippen LogP contribution in [0.2, 0.25) is 0 Å². The predicted octanol–water partition coefficient (Wildman–Crippen LogP) is 3.42. The van der Waals surface area contributed by atoms with Gasteiger partial charge in [-0.3, -0.25) is 14.7 Å². The van der Waals surface area contributed by atoms with Gasteiger partial charge < -0.3 is 5.11 Å². The number of carboxylic acid groups (broad SMARTS) is 1. The van der Waals surface area contributed by atoms with Gasteiger partial charge >= 0.3 is 5.97 Å². The summed E-state index contributed by atoms with van der Waals surface area (Å²) >= 11 is 0. The first-order valence-corrected chi connectivity index (χ1v) is 8.13. The van der Waals surface area contributed by atoms with E-state index in [1.165, 1.54) is 5.56 Å². The van der Waals surface area contributed by atoms with Crippen molar-refractivity contribution < 1.29 is 9.90 Å². The zero-order valence-corrected chi connectivity index (χ0v) is 13.4. The molecular weight excluding hydrogens is 288 g/mol. The number of likely N-dealkylation sites (tertiary alicyclic amines) is 1. The molecule has 2 heterocycles. The molecule has 1 aliphatic heterocycles. The van der Waals surface area contributed by atoms with E-state index >= 15 is 0 Å². The highest BCUT2D eigenvalue weighted by molar-refractivity contribution is 5.73. The van der Waals surface area contributed by atoms with Crippen molar-refractivity contribution in [3.05, 3.63) is 65.5 Å². The van der Waals surface area contributed by atoms with Gasteiger partial charge in [-0.25, -0.2) is 0 Å². The van der Waals surface area contributed by atoms with Crippen molar-refractivity contribution in [2.75, 3.05) is 6.54 Å². The van der Waals surface area contributed by atoms with Crippen LogP contribution in [-0.2, 0) is 4.79 Å². The minimum absolute atomic E-state index is 0.113. The molecule has 0 radical (unpaired) electrons. The highest BCUT2D eigenvalue weighted by Crippen LogP contribution is 2.33. The van der Waals surface area contributed by atoms with Crippen LogP contribution >= 0.6 is 0 Å². The molecule has 3 rings (SSSR count). The molecule has 4 nitrogen and oxygen atoms in total. The molecule has 1 aliphatic rings. The zero-order chi connectivity index (χ0) is 16.2. The summed E-state index contributed by atoms with van der Waals surface area (Å²) < 4.78 is 0. The van der Waals surface area contributed by atoms with Gasteiger partial charge in [0.15, 0.2) is 0 Å². The summed E-state index contributed by atoms with van der Waals surface area (Å²) in [5, 5.41) is 9.63. The van der Waals surface area contributed by atoms with E-state index in [9.17, 15) is 9.90 Å². The van der Waals surface area contributed by atoms with Crippen molar-refractivity contribution in [3.63, 3.8) is 0 Å². The van der Waals surface area contributed by atoms with E-state index < -0.39 is 12.0 Å². The van der Waals surface area contributed by atoms with E-state index in [4.69, 9.17) is 0 Å². The number of aliphatic carboxylic acids is 1. The molecule has 1 aromatic heterocycles. The largest absolute Gasteiger partial charge is 0.480 e. The Balaban J connectivity index is 2.04. The molecule has 2 atom stereocenters. The first-order valence-electron chi connectivity index (χ1n) is 8.13. The van der Waals surface area contributed by atoms with Gasteiger partial charge in [0.2, 0.25) is 0 Å². The smallest absolute Gasteiger partial charge is 0.320 e. The van der Waals surface area contributed by atoms with Gasteiger partial charge in [0.25, 0.3) is 0 Å². The minimum Gasteiger partial charge on any atom is -0.480 e. The molecule has 0 saturated carbocycles. The van der Waals surface area contributed by atoms with E-state index in [-0.39, 0.29) is 6.04 Å². The maximum atomic E-state index is 11.7. The Hall–Kier alpha value is -2.20. The Kier molecular flexibility index (Phi) is 4.72. The maximum absolute atomic E-state index is 11.7. The third-order valence-corrected chi connectivity index (χ3v) is 4.52. The second-order valence-electron chi connectivity index (χ2n) is 6.16. The highest BCUT2D eigenvalue weighted by atomic mass is 16.4. The number of piperidine rings is 1. The number of aryl methyl sites for hydroxylation is 1. The molecule has 1 saturated heterocycles. The van der Waals surface area contributed by atoms with Crippen molar-refractivity contribution in [1.82, 2.24) is 9.88 Å². The Morgan fingerprint density at radius 2 is 2.00 bits per heavy atom. The molecule has 0 bridgehead atoms. The average molecular weight is 310 g/mol. The van der Waals surface area contributed by atoms with E-state index in [1.54, 1.807) is 6.20 Å². The monoisotopic (exact) mass is 310 g/mol. The van der Waals surface area contributed by atoms with E-state index in [0.29, 0.717) is 6.42 Å². The number of hydrogen-bond acceptors (Lipinski definition) is 3. The summed E-state index contributed by atoms with van der Waals surface area (Å²) in [7, 11) is 0. The van der Waals surface area contributed by atoms with E-state index in [1.807, 2.05) is 18.2 Å². The summed E-state index contributed by atoms with van der Waals surface area (Å²) in [5.74, 6) is -0.738. The topological polar surface area (TPSA) is 53.4 Å². The quantitative estimate of drug-likeness (QED) is 0.940. The molecule has 0 spiro atoms. The number of nitrogens with zero attached hydrogens (tertiary/aromatic N) is 2. The molecule has 120 valence electrons. The summed E-state index contributed by atoms with van der Waals surface area (Å²) in [6, 6.07) is 13.6. The molecular formula is C19H22N2O2. The first-order chi connectivity index (χ1) is 11.2. The molecule has 2 unspecified atom stereocenters. The number of pyridine rings is 1. The van der Waals surface area contributed by atoms with Crippen LogP contribution < -0.4 is 0 Å². The molecule has 23 heavy (non-hydrogen) atoms. The third-order valence-electron chi connectivity index (χ3n) is 4.52. The number of carbonyl (C=O) groups is 1. The van der Waals surface area contributed by atoms with Crippen LogP contribution in [0, 0.1) is 6.92 Å². The fourth-order valence-corrected chi connectivity index (χ4v) is 3.35. The number of aromatic nitrogens is 1. The Morgan fingerprint density at radius 3 is 2.65 bits per heavy atom.